The molecule has 0 amide bonds. The average Bonchev–Trinajstić information content (AvgIpc) is 2.42. The Morgan fingerprint density at radius 2 is 2.20 bits per heavy atom. The Morgan fingerprint density at radius 3 is 2.85 bits per heavy atom. The van der Waals surface area contributed by atoms with E-state index < -0.39 is 15.8 Å². The molecule has 1 heterocycles. The summed E-state index contributed by atoms with van der Waals surface area (Å²) in [5.41, 5.74) is 5.73. The Kier molecular flexibility index (Phi) is 5.22. The minimum absolute atomic E-state index is 0.0801. The number of rotatable bonds is 4. The molecule has 4 nitrogen and oxygen atoms in total. The molecule has 1 saturated heterocycles. The van der Waals surface area contributed by atoms with Crippen LogP contribution in [0, 0.1) is 12.7 Å². The molecule has 1 unspecified atom stereocenters. The number of nitrogens with two attached hydrogens (primary N) is 1. The van der Waals surface area contributed by atoms with Crippen molar-refractivity contribution >= 4 is 39.2 Å². The Hall–Kier alpha value is -0.440. The number of sulfonamides is 1. The maximum atomic E-state index is 13.6. The number of anilines is 1. The van der Waals surface area contributed by atoms with Crippen LogP contribution in [0.25, 0.3) is 0 Å². The molecular formula is C12H17FN2O2S3. The molecule has 0 aromatic heterocycles. The highest BCUT2D eigenvalue weighted by molar-refractivity contribution is 8.06. The first-order chi connectivity index (χ1) is 9.40. The summed E-state index contributed by atoms with van der Waals surface area (Å²) in [6.45, 7) is 1.80. The van der Waals surface area contributed by atoms with E-state index in [1.165, 1.54) is 13.0 Å². The maximum Gasteiger partial charge on any atom is 0.241 e. The summed E-state index contributed by atoms with van der Waals surface area (Å²) in [7, 11) is -3.73. The summed E-state index contributed by atoms with van der Waals surface area (Å²) in [5, 5.41) is 0.259. The molecule has 0 saturated carbocycles. The first-order valence-corrected chi connectivity index (χ1v) is 9.83. The largest absolute Gasteiger partial charge is 0.399 e. The van der Waals surface area contributed by atoms with Gasteiger partial charge in [0.05, 0.1) is 4.90 Å². The van der Waals surface area contributed by atoms with Gasteiger partial charge in [-0.25, -0.2) is 17.5 Å². The van der Waals surface area contributed by atoms with Gasteiger partial charge in [0, 0.05) is 40.3 Å². The Morgan fingerprint density at radius 1 is 1.45 bits per heavy atom. The van der Waals surface area contributed by atoms with E-state index in [1.807, 2.05) is 11.8 Å². The fourth-order valence-corrected chi connectivity index (χ4v) is 5.97. The van der Waals surface area contributed by atoms with Crippen molar-refractivity contribution in [1.29, 1.82) is 0 Å². The van der Waals surface area contributed by atoms with Gasteiger partial charge in [-0.05, 0) is 19.1 Å². The molecule has 112 valence electrons. The van der Waals surface area contributed by atoms with Crippen LogP contribution >= 0.6 is 23.5 Å². The van der Waals surface area contributed by atoms with Crippen LogP contribution in [0.15, 0.2) is 17.0 Å². The van der Waals surface area contributed by atoms with Crippen LogP contribution in [0.1, 0.15) is 5.56 Å². The Labute approximate surface area is 127 Å². The fraction of sp³-hybridized carbons (Fsp3) is 0.500. The lowest BCUT2D eigenvalue weighted by Gasteiger charge is -2.21. The number of benzene rings is 1. The van der Waals surface area contributed by atoms with Crippen LogP contribution in [-0.2, 0) is 10.0 Å². The lowest BCUT2D eigenvalue weighted by atomic mass is 10.2. The quantitative estimate of drug-likeness (QED) is 0.821. The van der Waals surface area contributed by atoms with Crippen molar-refractivity contribution in [2.24, 2.45) is 0 Å². The van der Waals surface area contributed by atoms with Crippen LogP contribution in [0.4, 0.5) is 10.1 Å². The smallest absolute Gasteiger partial charge is 0.241 e. The van der Waals surface area contributed by atoms with Crippen molar-refractivity contribution in [2.75, 3.05) is 29.5 Å². The summed E-state index contributed by atoms with van der Waals surface area (Å²) >= 11 is 3.58. The van der Waals surface area contributed by atoms with E-state index in [4.69, 9.17) is 5.73 Å². The van der Waals surface area contributed by atoms with Crippen LogP contribution in [0.5, 0.6) is 0 Å². The van der Waals surface area contributed by atoms with Gasteiger partial charge >= 0.3 is 0 Å². The number of hydrogen-bond acceptors (Lipinski definition) is 5. The molecule has 2 rings (SSSR count). The zero-order valence-electron chi connectivity index (χ0n) is 11.1. The van der Waals surface area contributed by atoms with Crippen molar-refractivity contribution in [2.45, 2.75) is 17.1 Å². The van der Waals surface area contributed by atoms with Gasteiger partial charge in [0.2, 0.25) is 10.0 Å². The average molecular weight is 336 g/mol. The molecule has 0 radical (unpaired) electrons. The maximum absolute atomic E-state index is 13.6. The monoisotopic (exact) mass is 336 g/mol. The standard InChI is InChI=1S/C12H17FN2O2S3/c1-8-11(13)4-9(14)5-12(8)20(16,17)15-6-10-7-18-2-3-19-10/h4-5,10,15H,2-3,6-7,14H2,1H3. The van der Waals surface area contributed by atoms with Crippen LogP contribution in [0.2, 0.25) is 0 Å². The molecule has 20 heavy (non-hydrogen) atoms. The molecule has 1 aromatic rings. The van der Waals surface area contributed by atoms with Crippen molar-refractivity contribution in [3.8, 4) is 0 Å². The van der Waals surface area contributed by atoms with Gasteiger partial charge < -0.3 is 5.73 Å². The Bertz CT molecular complexity index is 587. The van der Waals surface area contributed by atoms with E-state index in [0.29, 0.717) is 6.54 Å². The lowest BCUT2D eigenvalue weighted by molar-refractivity contribution is 0.575. The molecule has 3 N–H and O–H groups in total. The van der Waals surface area contributed by atoms with E-state index in [-0.39, 0.29) is 21.4 Å². The molecule has 1 aromatic carbocycles. The van der Waals surface area contributed by atoms with Gasteiger partial charge in [-0.2, -0.15) is 23.5 Å². The summed E-state index contributed by atoms with van der Waals surface area (Å²) < 4.78 is 40.6. The highest BCUT2D eigenvalue weighted by Gasteiger charge is 2.22. The molecule has 1 fully saturated rings. The summed E-state index contributed by atoms with van der Waals surface area (Å²) in [5.74, 6) is 2.46. The second-order valence-corrected chi connectivity index (χ2v) is 8.84. The summed E-state index contributed by atoms with van der Waals surface area (Å²) in [4.78, 5) is -0.0801. The van der Waals surface area contributed by atoms with Gasteiger partial charge in [-0.1, -0.05) is 0 Å². The number of nitrogens with one attached hydrogen (secondary N) is 1. The highest BCUT2D eigenvalue weighted by Crippen LogP contribution is 2.25. The molecule has 1 atom stereocenters. The normalized spacial score (nSPS) is 20.0. The third-order valence-electron chi connectivity index (χ3n) is 2.99. The minimum Gasteiger partial charge on any atom is -0.399 e. The second kappa shape index (κ2) is 6.55. The van der Waals surface area contributed by atoms with Gasteiger partial charge in [0.25, 0.3) is 0 Å². The molecule has 1 aliphatic heterocycles. The zero-order chi connectivity index (χ0) is 14.8. The van der Waals surface area contributed by atoms with Crippen molar-refractivity contribution in [3.05, 3.63) is 23.5 Å². The van der Waals surface area contributed by atoms with E-state index in [2.05, 4.69) is 4.72 Å². The van der Waals surface area contributed by atoms with Gasteiger partial charge in [0.15, 0.2) is 0 Å². The van der Waals surface area contributed by atoms with Crippen LogP contribution in [-0.4, -0.2) is 37.5 Å². The number of hydrogen-bond donors (Lipinski definition) is 2. The van der Waals surface area contributed by atoms with E-state index in [1.54, 1.807) is 11.8 Å². The van der Waals surface area contributed by atoms with Gasteiger partial charge in [-0.15, -0.1) is 0 Å². The van der Waals surface area contributed by atoms with Crippen molar-refractivity contribution in [3.63, 3.8) is 0 Å². The lowest BCUT2D eigenvalue weighted by Crippen LogP contribution is -2.33. The third-order valence-corrected chi connectivity index (χ3v) is 7.39. The van der Waals surface area contributed by atoms with E-state index in [9.17, 15) is 12.8 Å². The van der Waals surface area contributed by atoms with Gasteiger partial charge in [0.1, 0.15) is 5.82 Å². The minimum atomic E-state index is -3.73. The number of halogens is 1. The fourth-order valence-electron chi connectivity index (χ4n) is 1.89. The molecule has 0 bridgehead atoms. The first-order valence-electron chi connectivity index (χ1n) is 6.15. The predicted octanol–water partition coefficient (Wildman–Crippen LogP) is 1.84. The number of nitrogen functional groups attached to an aromatic ring is 1. The molecule has 0 spiro atoms. The second-order valence-electron chi connectivity index (χ2n) is 4.55. The van der Waals surface area contributed by atoms with Crippen LogP contribution in [0.3, 0.4) is 0 Å². The van der Waals surface area contributed by atoms with Crippen LogP contribution < -0.4 is 10.5 Å². The summed E-state index contributed by atoms with van der Waals surface area (Å²) in [6, 6.07) is 2.42. The SMILES string of the molecule is Cc1c(F)cc(N)cc1S(=O)(=O)NCC1CSCCS1. The highest BCUT2D eigenvalue weighted by atomic mass is 32.2. The molecular weight excluding hydrogens is 319 g/mol. The Balaban J connectivity index is 2.14. The van der Waals surface area contributed by atoms with Crippen molar-refractivity contribution < 1.29 is 12.8 Å². The van der Waals surface area contributed by atoms with E-state index in [0.717, 1.165) is 23.3 Å². The predicted molar refractivity (Wildman–Crippen MR) is 84.3 cm³/mol. The summed E-state index contributed by atoms with van der Waals surface area (Å²) in [6.07, 6.45) is 0. The topological polar surface area (TPSA) is 72.2 Å². The zero-order valence-corrected chi connectivity index (χ0v) is 13.5. The third kappa shape index (κ3) is 3.81. The molecule has 0 aliphatic carbocycles. The molecule has 8 heteroatoms. The first kappa shape index (κ1) is 15.9. The van der Waals surface area contributed by atoms with Gasteiger partial charge in [-0.3, -0.25) is 0 Å². The molecule has 1 aliphatic rings. The van der Waals surface area contributed by atoms with Crippen molar-refractivity contribution in [1.82, 2.24) is 4.72 Å². The van der Waals surface area contributed by atoms with E-state index >= 15 is 0 Å². The number of thioether (sulfide) groups is 2.